The van der Waals surface area contributed by atoms with Crippen LogP contribution in [0.4, 0.5) is 5.69 Å². The normalized spacial score (nSPS) is 9.95. The maximum Gasteiger partial charge on any atom is 0.203 e. The van der Waals surface area contributed by atoms with E-state index in [9.17, 15) is 0 Å². The average molecular weight is 275 g/mol. The minimum atomic E-state index is 0.572. The zero-order chi connectivity index (χ0) is 14.4. The van der Waals surface area contributed by atoms with Crippen molar-refractivity contribution in [2.24, 2.45) is 0 Å². The first-order valence-electron chi connectivity index (χ1n) is 6.07. The molecule has 0 bridgehead atoms. The van der Waals surface area contributed by atoms with Crippen molar-refractivity contribution in [2.75, 3.05) is 26.6 Å². The van der Waals surface area contributed by atoms with Gasteiger partial charge in [-0.2, -0.15) is 0 Å². The Bertz CT molecular complexity index is 536. The van der Waals surface area contributed by atoms with Crippen molar-refractivity contribution in [3.63, 3.8) is 0 Å². The van der Waals surface area contributed by atoms with Crippen molar-refractivity contribution in [3.05, 3.63) is 36.4 Å². The van der Waals surface area contributed by atoms with E-state index in [2.05, 4.69) is 15.3 Å². The second-order valence-electron chi connectivity index (χ2n) is 3.97. The molecule has 20 heavy (non-hydrogen) atoms. The van der Waals surface area contributed by atoms with Gasteiger partial charge in [0.1, 0.15) is 6.33 Å². The summed E-state index contributed by atoms with van der Waals surface area (Å²) in [5, 5.41) is 3.26. The molecule has 0 unspecified atom stereocenters. The van der Waals surface area contributed by atoms with Crippen molar-refractivity contribution in [3.8, 4) is 17.2 Å². The Morgan fingerprint density at radius 3 is 2.25 bits per heavy atom. The first-order chi connectivity index (χ1) is 9.78. The summed E-state index contributed by atoms with van der Waals surface area (Å²) in [5.41, 5.74) is 1.76. The summed E-state index contributed by atoms with van der Waals surface area (Å²) in [6.45, 7) is 0.584. The molecule has 1 N–H and O–H groups in total. The third-order valence-corrected chi connectivity index (χ3v) is 2.78. The molecular formula is C14H17N3O3. The molecule has 0 atom stereocenters. The highest BCUT2D eigenvalue weighted by Gasteiger charge is 2.12. The molecular weight excluding hydrogens is 258 g/mol. The maximum atomic E-state index is 5.30. The van der Waals surface area contributed by atoms with Crippen LogP contribution in [-0.2, 0) is 6.54 Å². The van der Waals surface area contributed by atoms with E-state index >= 15 is 0 Å². The summed E-state index contributed by atoms with van der Waals surface area (Å²) >= 11 is 0. The van der Waals surface area contributed by atoms with E-state index in [1.807, 2.05) is 18.2 Å². The van der Waals surface area contributed by atoms with Crippen LogP contribution in [-0.4, -0.2) is 31.3 Å². The van der Waals surface area contributed by atoms with Crippen molar-refractivity contribution in [1.82, 2.24) is 9.97 Å². The lowest BCUT2D eigenvalue weighted by atomic mass is 10.2. The molecule has 0 spiro atoms. The van der Waals surface area contributed by atoms with E-state index < -0.39 is 0 Å². The van der Waals surface area contributed by atoms with E-state index in [0.717, 1.165) is 11.4 Å². The molecule has 1 aromatic carbocycles. The molecule has 1 aromatic heterocycles. The van der Waals surface area contributed by atoms with Crippen LogP contribution in [0.5, 0.6) is 17.2 Å². The Labute approximate surface area is 117 Å². The quantitative estimate of drug-likeness (QED) is 0.871. The number of benzene rings is 1. The van der Waals surface area contributed by atoms with Gasteiger partial charge in [0.15, 0.2) is 11.5 Å². The highest BCUT2D eigenvalue weighted by molar-refractivity contribution is 5.62. The molecule has 0 saturated carbocycles. The Kier molecular flexibility index (Phi) is 4.60. The van der Waals surface area contributed by atoms with Crippen LogP contribution in [0.1, 0.15) is 5.69 Å². The number of nitrogens with one attached hydrogen (secondary N) is 1. The number of methoxy groups -OCH3 is 3. The molecule has 0 aliphatic rings. The van der Waals surface area contributed by atoms with Crippen LogP contribution in [0.3, 0.4) is 0 Å². The van der Waals surface area contributed by atoms with E-state index in [4.69, 9.17) is 14.2 Å². The van der Waals surface area contributed by atoms with Gasteiger partial charge in [0.2, 0.25) is 5.75 Å². The smallest absolute Gasteiger partial charge is 0.203 e. The van der Waals surface area contributed by atoms with E-state index in [1.165, 1.54) is 6.33 Å². The van der Waals surface area contributed by atoms with Crippen molar-refractivity contribution < 1.29 is 14.2 Å². The fourth-order valence-corrected chi connectivity index (χ4v) is 1.80. The molecule has 2 aromatic rings. The fraction of sp³-hybridized carbons (Fsp3) is 0.286. The Hall–Kier alpha value is -2.50. The molecule has 0 fully saturated rings. The summed E-state index contributed by atoms with van der Waals surface area (Å²) in [4.78, 5) is 8.03. The van der Waals surface area contributed by atoms with Gasteiger partial charge in [-0.05, 0) is 6.07 Å². The summed E-state index contributed by atoms with van der Waals surface area (Å²) in [6, 6.07) is 5.55. The molecule has 2 rings (SSSR count). The summed E-state index contributed by atoms with van der Waals surface area (Å²) in [7, 11) is 4.76. The predicted octanol–water partition coefficient (Wildman–Crippen LogP) is 2.11. The van der Waals surface area contributed by atoms with E-state index in [1.54, 1.807) is 27.5 Å². The number of rotatable bonds is 6. The Morgan fingerprint density at radius 1 is 1.05 bits per heavy atom. The van der Waals surface area contributed by atoms with Crippen LogP contribution in [0.15, 0.2) is 30.7 Å². The second kappa shape index (κ2) is 6.60. The molecule has 0 amide bonds. The first-order valence-corrected chi connectivity index (χ1v) is 6.07. The summed E-state index contributed by atoms with van der Waals surface area (Å²) in [6.07, 6.45) is 3.23. The van der Waals surface area contributed by atoms with Crippen LogP contribution in [0.25, 0.3) is 0 Å². The first kappa shape index (κ1) is 13.9. The number of nitrogens with zero attached hydrogens (tertiary/aromatic N) is 2. The number of ether oxygens (including phenoxy) is 3. The highest BCUT2D eigenvalue weighted by atomic mass is 16.5. The number of aromatic nitrogens is 2. The molecule has 106 valence electrons. The Morgan fingerprint density at radius 2 is 1.75 bits per heavy atom. The highest BCUT2D eigenvalue weighted by Crippen LogP contribution is 2.39. The predicted molar refractivity (Wildman–Crippen MR) is 75.5 cm³/mol. The van der Waals surface area contributed by atoms with Gasteiger partial charge in [-0.1, -0.05) is 0 Å². The van der Waals surface area contributed by atoms with E-state index in [-0.39, 0.29) is 0 Å². The van der Waals surface area contributed by atoms with Gasteiger partial charge >= 0.3 is 0 Å². The molecule has 0 radical (unpaired) electrons. The van der Waals surface area contributed by atoms with E-state index in [0.29, 0.717) is 23.8 Å². The largest absolute Gasteiger partial charge is 0.493 e. The molecule has 0 aliphatic carbocycles. The SMILES string of the molecule is COc1cc(NCc2ccncn2)cc(OC)c1OC. The molecule has 6 heteroatoms. The summed E-state index contributed by atoms with van der Waals surface area (Å²) < 4.78 is 15.9. The van der Waals surface area contributed by atoms with Gasteiger partial charge in [-0.3, -0.25) is 0 Å². The van der Waals surface area contributed by atoms with Crippen molar-refractivity contribution >= 4 is 5.69 Å². The molecule has 0 saturated heterocycles. The van der Waals surface area contributed by atoms with Gasteiger partial charge in [0.05, 0.1) is 33.6 Å². The van der Waals surface area contributed by atoms with Crippen LogP contribution in [0.2, 0.25) is 0 Å². The zero-order valence-electron chi connectivity index (χ0n) is 11.7. The standard InChI is InChI=1S/C14H17N3O3/c1-18-12-6-11(7-13(19-2)14(12)20-3)16-8-10-4-5-15-9-17-10/h4-7,9,16H,8H2,1-3H3. The second-order valence-corrected chi connectivity index (χ2v) is 3.97. The minimum absolute atomic E-state index is 0.572. The lowest BCUT2D eigenvalue weighted by Crippen LogP contribution is -2.03. The van der Waals surface area contributed by atoms with Gasteiger partial charge in [-0.25, -0.2) is 9.97 Å². The molecule has 6 nitrogen and oxygen atoms in total. The third kappa shape index (κ3) is 3.09. The number of hydrogen-bond donors (Lipinski definition) is 1. The van der Waals surface area contributed by atoms with Crippen LogP contribution >= 0.6 is 0 Å². The zero-order valence-corrected chi connectivity index (χ0v) is 11.7. The van der Waals surface area contributed by atoms with Gasteiger partial charge < -0.3 is 19.5 Å². The van der Waals surface area contributed by atoms with Crippen LogP contribution < -0.4 is 19.5 Å². The lowest BCUT2D eigenvalue weighted by Gasteiger charge is -2.14. The molecule has 0 aliphatic heterocycles. The third-order valence-electron chi connectivity index (χ3n) is 2.78. The van der Waals surface area contributed by atoms with Gasteiger partial charge in [-0.15, -0.1) is 0 Å². The van der Waals surface area contributed by atoms with Crippen molar-refractivity contribution in [2.45, 2.75) is 6.54 Å². The topological polar surface area (TPSA) is 65.5 Å². The fourth-order valence-electron chi connectivity index (χ4n) is 1.80. The molecule has 1 heterocycles. The van der Waals surface area contributed by atoms with Gasteiger partial charge in [0.25, 0.3) is 0 Å². The van der Waals surface area contributed by atoms with Crippen LogP contribution in [0, 0.1) is 0 Å². The maximum absolute atomic E-state index is 5.30. The Balaban J connectivity index is 2.19. The number of anilines is 1. The minimum Gasteiger partial charge on any atom is -0.493 e. The lowest BCUT2D eigenvalue weighted by molar-refractivity contribution is 0.324. The average Bonchev–Trinajstić information content (AvgIpc) is 2.52. The number of hydrogen-bond acceptors (Lipinski definition) is 6. The van der Waals surface area contributed by atoms with Crippen molar-refractivity contribution in [1.29, 1.82) is 0 Å². The van der Waals surface area contributed by atoms with Gasteiger partial charge in [0, 0.05) is 24.0 Å². The monoisotopic (exact) mass is 275 g/mol. The summed E-state index contributed by atoms with van der Waals surface area (Å²) in [5.74, 6) is 1.79.